The van der Waals surface area contributed by atoms with Gasteiger partial charge in [0.05, 0.1) is 22.1 Å². The van der Waals surface area contributed by atoms with Gasteiger partial charge in [-0.2, -0.15) is 10.2 Å². The molecular formula is C39H44N4O5. The Morgan fingerprint density at radius 3 is 2.38 bits per heavy atom. The average molecular weight is 649 g/mol. The van der Waals surface area contributed by atoms with Gasteiger partial charge in [-0.05, 0) is 74.9 Å². The van der Waals surface area contributed by atoms with E-state index in [9.17, 15) is 15.3 Å². The molecule has 0 radical (unpaired) electrons. The molecule has 3 aliphatic carbocycles. The number of likely N-dealkylation sites (tertiary alicyclic amines) is 2. The molecule has 2 aromatic carbocycles. The molecule has 250 valence electrons. The van der Waals surface area contributed by atoms with Crippen molar-refractivity contribution in [2.45, 2.75) is 86.7 Å². The lowest BCUT2D eigenvalue weighted by molar-refractivity contribution is -0.142. The second-order valence-electron chi connectivity index (χ2n) is 15.0. The van der Waals surface area contributed by atoms with Crippen molar-refractivity contribution < 1.29 is 24.8 Å². The van der Waals surface area contributed by atoms with Crippen LogP contribution in [-0.2, 0) is 23.7 Å². The maximum Gasteiger partial charge on any atom is 0.166 e. The SMILES string of the molecule is C=CCN1CC[C@]23c4c5ccc(O)c4O[C@H]2/C(=N/N=C(\CC)[C@@H]2Oc4c(O)ccc6c4[C@@]24CCN(CC=C)[C@H](C6)[C@@]4(C)O)C=C[C@H]3[C@H]1C5. The van der Waals surface area contributed by atoms with Gasteiger partial charge in [-0.1, -0.05) is 37.3 Å². The molecule has 9 rings (SSSR count). The summed E-state index contributed by atoms with van der Waals surface area (Å²) in [6.07, 6.45) is 10.9. The van der Waals surface area contributed by atoms with Crippen LogP contribution < -0.4 is 9.47 Å². The highest BCUT2D eigenvalue weighted by atomic mass is 16.5. The van der Waals surface area contributed by atoms with Gasteiger partial charge in [-0.15, -0.1) is 13.2 Å². The number of aromatic hydroxyl groups is 2. The van der Waals surface area contributed by atoms with Gasteiger partial charge in [0.1, 0.15) is 5.71 Å². The molecular weight excluding hydrogens is 604 g/mol. The largest absolute Gasteiger partial charge is 0.504 e. The van der Waals surface area contributed by atoms with Gasteiger partial charge in [-0.3, -0.25) is 9.80 Å². The van der Waals surface area contributed by atoms with E-state index in [-0.39, 0.29) is 35.0 Å². The lowest BCUT2D eigenvalue weighted by Gasteiger charge is -2.59. The molecule has 0 aromatic heterocycles. The van der Waals surface area contributed by atoms with Crippen LogP contribution in [0.5, 0.6) is 23.0 Å². The number of phenolic OH excluding ortho intramolecular Hbond substituents is 2. The van der Waals surface area contributed by atoms with Crippen molar-refractivity contribution in [3.05, 3.63) is 84.0 Å². The number of rotatable bonds is 7. The highest BCUT2D eigenvalue weighted by molar-refractivity contribution is 6.03. The molecule has 4 aliphatic heterocycles. The first-order chi connectivity index (χ1) is 23.2. The smallest absolute Gasteiger partial charge is 0.166 e. The van der Waals surface area contributed by atoms with Crippen molar-refractivity contribution in [3.8, 4) is 23.0 Å². The molecule has 0 amide bonds. The summed E-state index contributed by atoms with van der Waals surface area (Å²) in [6.45, 7) is 15.2. The summed E-state index contributed by atoms with van der Waals surface area (Å²) in [6, 6.07) is 7.68. The van der Waals surface area contributed by atoms with Crippen LogP contribution in [0.2, 0.25) is 0 Å². The van der Waals surface area contributed by atoms with E-state index in [1.54, 1.807) is 12.1 Å². The Labute approximate surface area is 281 Å². The van der Waals surface area contributed by atoms with Gasteiger partial charge in [0.25, 0.3) is 0 Å². The standard InChI is InChI=1S/C39H44N4O5/c1-5-16-42-18-14-38-24-10-11-26(35(38)47-33-28(44)12-8-22(31(33)38)20-27(24)42)41-40-25(7-3)36-39-15-19-43(17-6-2)30(37(39,4)46)21-23-9-13-29(45)34(48-36)32(23)39/h5-6,8-13,24,27,30,35-36,44-46H,1-2,7,14-21H2,3-4H3/b40-25+,41-26+/t24-,27+,30+,35-,36-,37+,38-,39-/m0/s1. The highest BCUT2D eigenvalue weighted by Gasteiger charge is 2.69. The number of phenols is 2. The zero-order valence-electron chi connectivity index (χ0n) is 27.7. The fourth-order valence-corrected chi connectivity index (χ4v) is 11.1. The summed E-state index contributed by atoms with van der Waals surface area (Å²) < 4.78 is 13.4. The van der Waals surface area contributed by atoms with Crippen LogP contribution in [0.3, 0.4) is 0 Å². The number of benzene rings is 2. The Morgan fingerprint density at radius 2 is 1.65 bits per heavy atom. The van der Waals surface area contributed by atoms with Crippen molar-refractivity contribution in [1.82, 2.24) is 9.80 Å². The minimum Gasteiger partial charge on any atom is -0.504 e. The van der Waals surface area contributed by atoms with E-state index in [0.29, 0.717) is 43.3 Å². The summed E-state index contributed by atoms with van der Waals surface area (Å²) in [4.78, 5) is 4.83. The predicted molar refractivity (Wildman–Crippen MR) is 185 cm³/mol. The highest BCUT2D eigenvalue weighted by Crippen LogP contribution is 2.63. The monoisotopic (exact) mass is 648 g/mol. The van der Waals surface area contributed by atoms with E-state index in [1.165, 1.54) is 5.56 Å². The van der Waals surface area contributed by atoms with Crippen LogP contribution in [0.25, 0.3) is 0 Å². The first-order valence-electron chi connectivity index (χ1n) is 17.5. The second kappa shape index (κ2) is 10.3. The lowest BCUT2D eigenvalue weighted by atomic mass is 9.53. The first-order valence-corrected chi connectivity index (χ1v) is 17.5. The molecule has 48 heavy (non-hydrogen) atoms. The minimum absolute atomic E-state index is 0.0860. The molecule has 2 saturated heterocycles. The molecule has 2 aromatic rings. The van der Waals surface area contributed by atoms with E-state index in [0.717, 1.165) is 60.6 Å². The van der Waals surface area contributed by atoms with Crippen molar-refractivity contribution in [2.75, 3.05) is 26.2 Å². The first kappa shape index (κ1) is 30.2. The van der Waals surface area contributed by atoms with Crippen molar-refractivity contribution in [2.24, 2.45) is 16.1 Å². The van der Waals surface area contributed by atoms with Crippen LogP contribution in [0.1, 0.15) is 55.4 Å². The zero-order valence-corrected chi connectivity index (χ0v) is 27.7. The molecule has 4 bridgehead atoms. The molecule has 0 saturated carbocycles. The zero-order chi connectivity index (χ0) is 33.2. The summed E-state index contributed by atoms with van der Waals surface area (Å²) in [7, 11) is 0. The predicted octanol–water partition coefficient (Wildman–Crippen LogP) is 4.57. The molecule has 9 heteroatoms. The van der Waals surface area contributed by atoms with Gasteiger partial charge >= 0.3 is 0 Å². The summed E-state index contributed by atoms with van der Waals surface area (Å²) >= 11 is 0. The molecule has 9 nitrogen and oxygen atoms in total. The van der Waals surface area contributed by atoms with Gasteiger partial charge in [0, 0.05) is 48.8 Å². The third kappa shape index (κ3) is 3.57. The Balaban J connectivity index is 1.15. The van der Waals surface area contributed by atoms with E-state index >= 15 is 0 Å². The third-order valence-electron chi connectivity index (χ3n) is 13.1. The number of ether oxygens (including phenoxy) is 2. The minimum atomic E-state index is -1.16. The quantitative estimate of drug-likeness (QED) is 0.229. The van der Waals surface area contributed by atoms with Crippen LogP contribution >= 0.6 is 0 Å². The summed E-state index contributed by atoms with van der Waals surface area (Å²) in [5.74, 6) is 1.51. The van der Waals surface area contributed by atoms with Crippen LogP contribution in [-0.4, -0.2) is 92.6 Å². The second-order valence-corrected chi connectivity index (χ2v) is 15.0. The third-order valence-corrected chi connectivity index (χ3v) is 13.1. The Morgan fingerprint density at radius 1 is 0.958 bits per heavy atom. The summed E-state index contributed by atoms with van der Waals surface area (Å²) in [5.41, 5.74) is 3.53. The number of hydrogen-bond donors (Lipinski definition) is 3. The lowest BCUT2D eigenvalue weighted by Crippen LogP contribution is -2.73. The molecule has 0 unspecified atom stereocenters. The van der Waals surface area contributed by atoms with Gasteiger partial charge in [-0.25, -0.2) is 0 Å². The Bertz CT molecular complexity index is 1850. The van der Waals surface area contributed by atoms with E-state index in [1.807, 2.05) is 32.1 Å². The van der Waals surface area contributed by atoms with Crippen LogP contribution in [0.4, 0.5) is 0 Å². The fourth-order valence-electron chi connectivity index (χ4n) is 11.1. The number of nitrogens with zero attached hydrogens (tertiary/aromatic N) is 4. The van der Waals surface area contributed by atoms with Crippen LogP contribution in [0.15, 0.2) is 71.9 Å². The number of hydrogen-bond acceptors (Lipinski definition) is 9. The van der Waals surface area contributed by atoms with E-state index < -0.39 is 17.1 Å². The Hall–Kier alpha value is -3.92. The van der Waals surface area contributed by atoms with Gasteiger partial charge in [0.2, 0.25) is 0 Å². The number of aliphatic hydroxyl groups is 1. The molecule has 2 fully saturated rings. The van der Waals surface area contributed by atoms with Crippen molar-refractivity contribution in [3.63, 3.8) is 0 Å². The van der Waals surface area contributed by atoms with Gasteiger partial charge in [0.15, 0.2) is 35.2 Å². The van der Waals surface area contributed by atoms with E-state index in [4.69, 9.17) is 19.7 Å². The van der Waals surface area contributed by atoms with Crippen molar-refractivity contribution in [1.29, 1.82) is 0 Å². The van der Waals surface area contributed by atoms with Gasteiger partial charge < -0.3 is 24.8 Å². The van der Waals surface area contributed by atoms with Crippen molar-refractivity contribution >= 4 is 11.4 Å². The maximum atomic E-state index is 12.6. The fraction of sp³-hybridized carbons (Fsp3) is 0.487. The molecule has 2 spiro atoms. The average Bonchev–Trinajstić information content (AvgIpc) is 3.60. The molecule has 4 heterocycles. The number of piperidine rings is 2. The Kier molecular flexibility index (Phi) is 6.47. The summed E-state index contributed by atoms with van der Waals surface area (Å²) in [5, 5.41) is 44.6. The van der Waals surface area contributed by atoms with Crippen LogP contribution in [0, 0.1) is 5.92 Å². The normalized spacial score (nSPS) is 37.9. The molecule has 8 atom stereocenters. The number of fused-ring (bicyclic) bond motifs is 1. The molecule has 3 N–H and O–H groups in total. The maximum absolute atomic E-state index is 12.6. The topological polar surface area (TPSA) is 110 Å². The van der Waals surface area contributed by atoms with E-state index in [2.05, 4.69) is 41.2 Å². The molecule has 7 aliphatic rings.